The Balaban J connectivity index is 2.16. The van der Waals surface area contributed by atoms with E-state index in [1.807, 2.05) is 24.3 Å². The first kappa shape index (κ1) is 14.6. The van der Waals surface area contributed by atoms with Crippen LogP contribution >= 0.6 is 11.6 Å². The first-order chi connectivity index (χ1) is 9.63. The van der Waals surface area contributed by atoms with Gasteiger partial charge in [-0.15, -0.1) is 0 Å². The Kier molecular flexibility index (Phi) is 4.82. The fourth-order valence-electron chi connectivity index (χ4n) is 1.90. The van der Waals surface area contributed by atoms with Crippen LogP contribution in [0, 0.1) is 5.82 Å². The number of rotatable bonds is 5. The lowest BCUT2D eigenvalue weighted by molar-refractivity contribution is 0.415. The maximum atomic E-state index is 13.2. The van der Waals surface area contributed by atoms with Gasteiger partial charge in [0.05, 0.1) is 18.2 Å². The molecule has 5 heteroatoms. The Hall–Kier alpha value is -1.78. The van der Waals surface area contributed by atoms with E-state index in [0.717, 1.165) is 17.0 Å². The van der Waals surface area contributed by atoms with Gasteiger partial charge in [-0.25, -0.2) is 4.39 Å². The average molecular weight is 295 g/mol. The highest BCUT2D eigenvalue weighted by molar-refractivity contribution is 6.30. The van der Waals surface area contributed by atoms with Crippen LogP contribution in [0.1, 0.15) is 11.6 Å². The smallest absolute Gasteiger partial charge is 0.141 e. The Bertz CT molecular complexity index is 575. The zero-order chi connectivity index (χ0) is 14.5. The third kappa shape index (κ3) is 3.40. The maximum Gasteiger partial charge on any atom is 0.141 e. The normalized spacial score (nSPS) is 12.0. The number of hydrogen-bond donors (Lipinski definition) is 2. The molecule has 0 amide bonds. The van der Waals surface area contributed by atoms with Crippen LogP contribution in [0.5, 0.6) is 5.75 Å². The highest BCUT2D eigenvalue weighted by Crippen LogP contribution is 2.24. The van der Waals surface area contributed by atoms with Crippen molar-refractivity contribution in [3.63, 3.8) is 0 Å². The van der Waals surface area contributed by atoms with Crippen molar-refractivity contribution in [2.75, 3.05) is 19.0 Å². The van der Waals surface area contributed by atoms with Crippen LogP contribution in [0.25, 0.3) is 0 Å². The van der Waals surface area contributed by atoms with Crippen LogP contribution in [0.3, 0.4) is 0 Å². The summed E-state index contributed by atoms with van der Waals surface area (Å²) in [4.78, 5) is 0. The molecule has 0 aliphatic rings. The second kappa shape index (κ2) is 6.59. The van der Waals surface area contributed by atoms with E-state index >= 15 is 0 Å². The SMILES string of the molecule is COc1ccc(NC(CN)c2ccc(F)c(Cl)c2)cc1. The van der Waals surface area contributed by atoms with E-state index in [0.29, 0.717) is 6.54 Å². The van der Waals surface area contributed by atoms with Crippen molar-refractivity contribution < 1.29 is 9.13 Å². The van der Waals surface area contributed by atoms with E-state index in [4.69, 9.17) is 22.1 Å². The van der Waals surface area contributed by atoms with E-state index < -0.39 is 5.82 Å². The molecule has 0 bridgehead atoms. The molecule has 0 radical (unpaired) electrons. The van der Waals surface area contributed by atoms with Crippen LogP contribution in [-0.4, -0.2) is 13.7 Å². The lowest BCUT2D eigenvalue weighted by Gasteiger charge is -2.19. The van der Waals surface area contributed by atoms with Gasteiger partial charge in [0.15, 0.2) is 0 Å². The van der Waals surface area contributed by atoms with Crippen molar-refractivity contribution in [2.24, 2.45) is 5.73 Å². The largest absolute Gasteiger partial charge is 0.497 e. The molecule has 1 unspecified atom stereocenters. The summed E-state index contributed by atoms with van der Waals surface area (Å²) in [5.74, 6) is 0.348. The van der Waals surface area contributed by atoms with Gasteiger partial charge in [-0.1, -0.05) is 17.7 Å². The van der Waals surface area contributed by atoms with Gasteiger partial charge in [-0.3, -0.25) is 0 Å². The standard InChI is InChI=1S/C15H16ClFN2O/c1-20-12-5-3-11(4-6-12)19-15(9-18)10-2-7-14(17)13(16)8-10/h2-8,15,19H,9,18H2,1H3. The van der Waals surface area contributed by atoms with Gasteiger partial charge in [-0.2, -0.15) is 0 Å². The average Bonchev–Trinajstić information content (AvgIpc) is 2.48. The first-order valence-electron chi connectivity index (χ1n) is 6.19. The molecule has 3 N–H and O–H groups in total. The van der Waals surface area contributed by atoms with E-state index in [1.165, 1.54) is 6.07 Å². The Morgan fingerprint density at radius 1 is 1.25 bits per heavy atom. The van der Waals surface area contributed by atoms with Crippen LogP contribution in [0.2, 0.25) is 5.02 Å². The van der Waals surface area contributed by atoms with Crippen LogP contribution in [-0.2, 0) is 0 Å². The molecule has 0 fully saturated rings. The third-order valence-electron chi connectivity index (χ3n) is 3.01. The minimum Gasteiger partial charge on any atom is -0.497 e. The molecule has 2 aromatic rings. The molecule has 0 saturated carbocycles. The zero-order valence-electron chi connectivity index (χ0n) is 11.1. The molecular formula is C15H16ClFN2O. The monoisotopic (exact) mass is 294 g/mol. The molecule has 2 aromatic carbocycles. The molecule has 0 saturated heterocycles. The number of ether oxygens (including phenoxy) is 1. The number of methoxy groups -OCH3 is 1. The molecule has 0 heterocycles. The summed E-state index contributed by atoms with van der Waals surface area (Å²) in [5, 5.41) is 3.38. The summed E-state index contributed by atoms with van der Waals surface area (Å²) >= 11 is 5.80. The van der Waals surface area contributed by atoms with Gasteiger partial charge in [-0.05, 0) is 42.0 Å². The highest BCUT2D eigenvalue weighted by Gasteiger charge is 2.11. The Morgan fingerprint density at radius 2 is 1.95 bits per heavy atom. The minimum absolute atomic E-state index is 0.0949. The van der Waals surface area contributed by atoms with E-state index in [2.05, 4.69) is 5.32 Å². The zero-order valence-corrected chi connectivity index (χ0v) is 11.8. The second-order valence-corrected chi connectivity index (χ2v) is 4.74. The summed E-state index contributed by atoms with van der Waals surface area (Å²) in [6.45, 7) is 0.369. The molecule has 0 aliphatic heterocycles. The quantitative estimate of drug-likeness (QED) is 0.886. The van der Waals surface area contributed by atoms with Crippen LogP contribution in [0.15, 0.2) is 42.5 Å². The lowest BCUT2D eigenvalue weighted by Crippen LogP contribution is -2.20. The molecule has 3 nitrogen and oxygen atoms in total. The van der Waals surface area contributed by atoms with Gasteiger partial charge in [0, 0.05) is 12.2 Å². The minimum atomic E-state index is -0.435. The third-order valence-corrected chi connectivity index (χ3v) is 3.30. The molecule has 2 rings (SSSR count). The topological polar surface area (TPSA) is 47.3 Å². The first-order valence-corrected chi connectivity index (χ1v) is 6.57. The molecule has 106 valence electrons. The van der Waals surface area contributed by atoms with Crippen LogP contribution in [0.4, 0.5) is 10.1 Å². The Labute approximate surface area is 122 Å². The number of nitrogens with two attached hydrogens (primary N) is 1. The molecule has 20 heavy (non-hydrogen) atoms. The van der Waals surface area contributed by atoms with Gasteiger partial charge in [0.25, 0.3) is 0 Å². The summed E-state index contributed by atoms with van der Waals surface area (Å²) in [7, 11) is 1.62. The second-order valence-electron chi connectivity index (χ2n) is 4.33. The highest BCUT2D eigenvalue weighted by atomic mass is 35.5. The van der Waals surface area contributed by atoms with Gasteiger partial charge in [0.2, 0.25) is 0 Å². The van der Waals surface area contributed by atoms with Crippen molar-refractivity contribution in [2.45, 2.75) is 6.04 Å². The molecular weight excluding hydrogens is 279 g/mol. The van der Waals surface area contributed by atoms with Crippen molar-refractivity contribution in [1.82, 2.24) is 0 Å². The lowest BCUT2D eigenvalue weighted by atomic mass is 10.1. The predicted molar refractivity (Wildman–Crippen MR) is 79.8 cm³/mol. The summed E-state index contributed by atoms with van der Waals surface area (Å²) in [5.41, 5.74) is 7.52. The molecule has 0 aromatic heterocycles. The number of anilines is 1. The van der Waals surface area contributed by atoms with Gasteiger partial charge in [0.1, 0.15) is 11.6 Å². The van der Waals surface area contributed by atoms with Gasteiger partial charge >= 0.3 is 0 Å². The Morgan fingerprint density at radius 3 is 2.50 bits per heavy atom. The maximum absolute atomic E-state index is 13.2. The molecule has 0 spiro atoms. The number of benzene rings is 2. The fourth-order valence-corrected chi connectivity index (χ4v) is 2.08. The van der Waals surface area contributed by atoms with Crippen molar-refractivity contribution >= 4 is 17.3 Å². The number of halogens is 2. The summed E-state index contributed by atoms with van der Waals surface area (Å²) < 4.78 is 18.3. The summed E-state index contributed by atoms with van der Waals surface area (Å²) in [6, 6.07) is 12.0. The van der Waals surface area contributed by atoms with Crippen molar-refractivity contribution in [3.8, 4) is 5.75 Å². The number of hydrogen-bond acceptors (Lipinski definition) is 3. The van der Waals surface area contributed by atoms with E-state index in [-0.39, 0.29) is 11.1 Å². The molecule has 1 atom stereocenters. The molecule has 0 aliphatic carbocycles. The van der Waals surface area contributed by atoms with Crippen LogP contribution < -0.4 is 15.8 Å². The fraction of sp³-hybridized carbons (Fsp3) is 0.200. The summed E-state index contributed by atoms with van der Waals surface area (Å²) in [6.07, 6.45) is 0. The predicted octanol–water partition coefficient (Wildman–Crippen LogP) is 3.60. The van der Waals surface area contributed by atoms with E-state index in [9.17, 15) is 4.39 Å². The number of nitrogens with one attached hydrogen (secondary N) is 1. The van der Waals surface area contributed by atoms with E-state index in [1.54, 1.807) is 19.2 Å². The van der Waals surface area contributed by atoms with Crippen molar-refractivity contribution in [1.29, 1.82) is 0 Å². The van der Waals surface area contributed by atoms with Gasteiger partial charge < -0.3 is 15.8 Å². The van der Waals surface area contributed by atoms with Crippen molar-refractivity contribution in [3.05, 3.63) is 58.9 Å².